The fraction of sp³-hybridized carbons (Fsp3) is 0.333. The van der Waals surface area contributed by atoms with Crippen molar-refractivity contribution in [2.45, 2.75) is 6.42 Å². The molecule has 1 N–H and O–H groups in total. The third-order valence-electron chi connectivity index (χ3n) is 2.71. The van der Waals surface area contributed by atoms with E-state index in [9.17, 15) is 14.0 Å². The zero-order valence-electron chi connectivity index (χ0n) is 9.58. The van der Waals surface area contributed by atoms with Crippen LogP contribution in [0, 0.1) is 5.82 Å². The number of carbonyl (C=O) groups is 2. The summed E-state index contributed by atoms with van der Waals surface area (Å²) in [5.41, 5.74) is -0.00657. The van der Waals surface area contributed by atoms with Crippen LogP contribution in [0.5, 0.6) is 0 Å². The van der Waals surface area contributed by atoms with Crippen molar-refractivity contribution < 1.29 is 14.0 Å². The molecule has 4 nitrogen and oxygen atoms in total. The normalized spacial score (nSPS) is 16.1. The highest BCUT2D eigenvalue weighted by atomic mass is 79.9. The van der Waals surface area contributed by atoms with Crippen LogP contribution in [0.25, 0.3) is 0 Å². The van der Waals surface area contributed by atoms with Gasteiger partial charge in [-0.3, -0.25) is 9.59 Å². The zero-order valence-corrected chi connectivity index (χ0v) is 11.2. The van der Waals surface area contributed by atoms with Crippen LogP contribution in [0.3, 0.4) is 0 Å². The van der Waals surface area contributed by atoms with Crippen LogP contribution >= 0.6 is 15.9 Å². The highest BCUT2D eigenvalue weighted by molar-refractivity contribution is 9.10. The lowest BCUT2D eigenvalue weighted by Crippen LogP contribution is -2.37. The van der Waals surface area contributed by atoms with Gasteiger partial charge in [0.2, 0.25) is 5.91 Å². The average molecular weight is 315 g/mol. The van der Waals surface area contributed by atoms with Crippen LogP contribution in [-0.4, -0.2) is 36.3 Å². The van der Waals surface area contributed by atoms with E-state index in [1.54, 1.807) is 6.07 Å². The minimum Gasteiger partial charge on any atom is -0.354 e. The van der Waals surface area contributed by atoms with Crippen molar-refractivity contribution in [3.8, 4) is 0 Å². The lowest BCUT2D eigenvalue weighted by atomic mass is 10.2. The van der Waals surface area contributed by atoms with Gasteiger partial charge < -0.3 is 10.2 Å². The number of halogens is 2. The molecule has 2 amide bonds. The van der Waals surface area contributed by atoms with Crippen LogP contribution in [0.4, 0.5) is 4.39 Å². The van der Waals surface area contributed by atoms with Crippen molar-refractivity contribution in [1.82, 2.24) is 10.2 Å². The third-order valence-corrected chi connectivity index (χ3v) is 3.20. The Hall–Kier alpha value is -1.43. The van der Waals surface area contributed by atoms with E-state index in [-0.39, 0.29) is 18.0 Å². The lowest BCUT2D eigenvalue weighted by molar-refractivity contribution is -0.121. The second kappa shape index (κ2) is 5.48. The van der Waals surface area contributed by atoms with E-state index >= 15 is 0 Å². The van der Waals surface area contributed by atoms with Crippen LogP contribution in [0.15, 0.2) is 22.7 Å². The maximum atomic E-state index is 13.7. The van der Waals surface area contributed by atoms with Crippen LogP contribution in [-0.2, 0) is 4.79 Å². The standard InChI is InChI=1S/C12H12BrFN2O2/c13-8-2-3-9(10(14)6-8)12(18)16-5-1-4-15-11(17)7-16/h2-3,6H,1,4-5,7H2,(H,15,17). The summed E-state index contributed by atoms with van der Waals surface area (Å²) in [4.78, 5) is 24.9. The van der Waals surface area contributed by atoms with Gasteiger partial charge in [0, 0.05) is 17.6 Å². The van der Waals surface area contributed by atoms with Crippen molar-refractivity contribution in [3.63, 3.8) is 0 Å². The van der Waals surface area contributed by atoms with E-state index < -0.39 is 11.7 Å². The monoisotopic (exact) mass is 314 g/mol. The number of amides is 2. The summed E-state index contributed by atoms with van der Waals surface area (Å²) in [5.74, 6) is -1.24. The summed E-state index contributed by atoms with van der Waals surface area (Å²) in [6.45, 7) is 0.979. The highest BCUT2D eigenvalue weighted by Gasteiger charge is 2.23. The van der Waals surface area contributed by atoms with Crippen molar-refractivity contribution in [3.05, 3.63) is 34.1 Å². The first-order chi connectivity index (χ1) is 8.58. The molecule has 6 heteroatoms. The van der Waals surface area contributed by atoms with Gasteiger partial charge in [-0.15, -0.1) is 0 Å². The number of rotatable bonds is 1. The Morgan fingerprint density at radius 3 is 2.94 bits per heavy atom. The fourth-order valence-corrected chi connectivity index (χ4v) is 2.15. The number of nitrogens with zero attached hydrogens (tertiary/aromatic N) is 1. The number of nitrogens with one attached hydrogen (secondary N) is 1. The predicted molar refractivity (Wildman–Crippen MR) is 67.6 cm³/mol. The van der Waals surface area contributed by atoms with Crippen molar-refractivity contribution in [2.24, 2.45) is 0 Å². The molecule has 1 aromatic rings. The molecule has 2 rings (SSSR count). The quantitative estimate of drug-likeness (QED) is 0.855. The second-order valence-electron chi connectivity index (χ2n) is 4.05. The molecule has 1 aromatic carbocycles. The Bertz CT molecular complexity index is 493. The van der Waals surface area contributed by atoms with Crippen molar-refractivity contribution in [2.75, 3.05) is 19.6 Å². The smallest absolute Gasteiger partial charge is 0.257 e. The predicted octanol–water partition coefficient (Wildman–Crippen LogP) is 1.55. The molecular weight excluding hydrogens is 303 g/mol. The van der Waals surface area contributed by atoms with Crippen LogP contribution in [0.1, 0.15) is 16.8 Å². The largest absolute Gasteiger partial charge is 0.354 e. The Morgan fingerprint density at radius 2 is 2.22 bits per heavy atom. The molecular formula is C12H12BrFN2O2. The van der Waals surface area contributed by atoms with Crippen molar-refractivity contribution >= 4 is 27.7 Å². The van der Waals surface area contributed by atoms with Gasteiger partial charge in [-0.2, -0.15) is 0 Å². The van der Waals surface area contributed by atoms with Gasteiger partial charge in [-0.05, 0) is 24.6 Å². The van der Waals surface area contributed by atoms with E-state index in [1.165, 1.54) is 17.0 Å². The summed E-state index contributed by atoms with van der Waals surface area (Å²) in [5, 5.41) is 2.67. The molecule has 1 aliphatic rings. The van der Waals surface area contributed by atoms with Gasteiger partial charge in [0.05, 0.1) is 12.1 Å². The molecule has 0 bridgehead atoms. The van der Waals surface area contributed by atoms with Gasteiger partial charge in [0.15, 0.2) is 0 Å². The summed E-state index contributed by atoms with van der Waals surface area (Å²) in [6, 6.07) is 4.27. The Kier molecular flexibility index (Phi) is 3.96. The molecule has 0 atom stereocenters. The minimum absolute atomic E-state index is 0.00657. The third kappa shape index (κ3) is 2.87. The molecule has 1 heterocycles. The first-order valence-corrected chi connectivity index (χ1v) is 6.38. The summed E-state index contributed by atoms with van der Waals surface area (Å²) >= 11 is 3.13. The van der Waals surface area contributed by atoms with E-state index in [2.05, 4.69) is 21.2 Å². The fourth-order valence-electron chi connectivity index (χ4n) is 1.81. The summed E-state index contributed by atoms with van der Waals surface area (Å²) in [6.07, 6.45) is 0.676. The molecule has 1 fully saturated rings. The number of hydrogen-bond donors (Lipinski definition) is 1. The molecule has 0 radical (unpaired) electrons. The topological polar surface area (TPSA) is 49.4 Å². The number of carbonyl (C=O) groups excluding carboxylic acids is 2. The first-order valence-electron chi connectivity index (χ1n) is 5.59. The maximum absolute atomic E-state index is 13.7. The molecule has 0 saturated carbocycles. The second-order valence-corrected chi connectivity index (χ2v) is 4.97. The van der Waals surface area contributed by atoms with Gasteiger partial charge in [-0.25, -0.2) is 4.39 Å². The molecule has 18 heavy (non-hydrogen) atoms. The zero-order chi connectivity index (χ0) is 13.1. The van der Waals surface area contributed by atoms with Gasteiger partial charge in [0.1, 0.15) is 5.82 Å². The molecule has 0 spiro atoms. The van der Waals surface area contributed by atoms with Gasteiger partial charge in [0.25, 0.3) is 5.91 Å². The van der Waals surface area contributed by atoms with Gasteiger partial charge in [-0.1, -0.05) is 15.9 Å². The maximum Gasteiger partial charge on any atom is 0.257 e. The van der Waals surface area contributed by atoms with Crippen LogP contribution in [0.2, 0.25) is 0 Å². The van der Waals surface area contributed by atoms with Crippen LogP contribution < -0.4 is 5.32 Å². The van der Waals surface area contributed by atoms with E-state index in [0.29, 0.717) is 24.0 Å². The van der Waals surface area contributed by atoms with E-state index in [4.69, 9.17) is 0 Å². The molecule has 1 saturated heterocycles. The number of benzene rings is 1. The average Bonchev–Trinajstić information content (AvgIpc) is 2.53. The molecule has 0 aromatic heterocycles. The summed E-state index contributed by atoms with van der Waals surface area (Å²) < 4.78 is 14.3. The Morgan fingerprint density at radius 1 is 1.44 bits per heavy atom. The summed E-state index contributed by atoms with van der Waals surface area (Å²) in [7, 11) is 0. The minimum atomic E-state index is -0.584. The molecule has 0 unspecified atom stereocenters. The van der Waals surface area contributed by atoms with Gasteiger partial charge >= 0.3 is 0 Å². The number of hydrogen-bond acceptors (Lipinski definition) is 2. The van der Waals surface area contributed by atoms with E-state index in [1.807, 2.05) is 0 Å². The SMILES string of the molecule is O=C1CN(C(=O)c2ccc(Br)cc2F)CCCN1. The molecule has 1 aliphatic heterocycles. The highest BCUT2D eigenvalue weighted by Crippen LogP contribution is 2.17. The Balaban J connectivity index is 2.21. The first kappa shape index (κ1) is 13.0. The molecule has 0 aliphatic carbocycles. The molecule has 96 valence electrons. The lowest BCUT2D eigenvalue weighted by Gasteiger charge is -2.19. The Labute approximate surface area is 112 Å². The van der Waals surface area contributed by atoms with Crippen molar-refractivity contribution in [1.29, 1.82) is 0 Å². The van der Waals surface area contributed by atoms with E-state index in [0.717, 1.165) is 0 Å².